The Kier molecular flexibility index (Phi) is 5.66. The second-order valence-corrected chi connectivity index (χ2v) is 13.1. The van der Waals surface area contributed by atoms with Gasteiger partial charge >= 0.3 is 0 Å². The molecule has 0 N–H and O–H groups in total. The molecule has 0 aliphatic heterocycles. The van der Waals surface area contributed by atoms with E-state index >= 15 is 0 Å². The zero-order chi connectivity index (χ0) is 23.7. The van der Waals surface area contributed by atoms with Crippen LogP contribution in [0.4, 0.5) is 0 Å². The first kappa shape index (κ1) is 22.7. The van der Waals surface area contributed by atoms with Gasteiger partial charge in [-0.1, -0.05) is 47.2 Å². The lowest BCUT2D eigenvalue weighted by atomic mass is 9.88. The Morgan fingerprint density at radius 3 is 1.97 bits per heavy atom. The van der Waals surface area contributed by atoms with Gasteiger partial charge in [0.2, 0.25) is 0 Å². The van der Waals surface area contributed by atoms with Crippen LogP contribution in [0, 0.1) is 6.92 Å². The summed E-state index contributed by atoms with van der Waals surface area (Å²) in [5, 5.41) is 2.20. The molecule has 34 heavy (non-hydrogen) atoms. The number of hydrogen-bond donors (Lipinski definition) is 0. The highest BCUT2D eigenvalue weighted by Crippen LogP contribution is 2.46. The van der Waals surface area contributed by atoms with E-state index in [9.17, 15) is 0 Å². The molecule has 4 aromatic heterocycles. The third kappa shape index (κ3) is 3.34. The number of thioether (sulfide) groups is 1. The minimum Gasteiger partial charge on any atom is -0.135 e. The summed E-state index contributed by atoms with van der Waals surface area (Å²) in [4.78, 5) is 5.71. The first-order valence-corrected chi connectivity index (χ1v) is 15.0. The van der Waals surface area contributed by atoms with Crippen LogP contribution in [0.2, 0.25) is 0 Å². The second kappa shape index (κ2) is 8.46. The van der Waals surface area contributed by atoms with Crippen LogP contribution in [-0.2, 0) is 0 Å². The van der Waals surface area contributed by atoms with Gasteiger partial charge < -0.3 is 0 Å². The van der Waals surface area contributed by atoms with E-state index in [4.69, 9.17) is 23.5 Å². The van der Waals surface area contributed by atoms with Crippen molar-refractivity contribution in [2.75, 3.05) is 6.26 Å². The Morgan fingerprint density at radius 1 is 0.735 bits per heavy atom. The molecule has 4 heterocycles. The van der Waals surface area contributed by atoms with Crippen LogP contribution in [-0.4, -0.2) is 29.8 Å². The van der Waals surface area contributed by atoms with Crippen molar-refractivity contribution in [3.63, 3.8) is 0 Å². The van der Waals surface area contributed by atoms with Crippen LogP contribution in [0.1, 0.15) is 11.1 Å². The van der Waals surface area contributed by atoms with Gasteiger partial charge in [0.1, 0.15) is 23.5 Å². The predicted molar refractivity (Wildman–Crippen MR) is 164 cm³/mol. The van der Waals surface area contributed by atoms with Crippen molar-refractivity contribution in [1.82, 2.24) is 0 Å². The summed E-state index contributed by atoms with van der Waals surface area (Å²) in [6, 6.07) is 12.8. The second-order valence-electron chi connectivity index (χ2n) is 8.07. The lowest BCUT2D eigenvalue weighted by Gasteiger charge is -2.01. The van der Waals surface area contributed by atoms with Crippen molar-refractivity contribution < 1.29 is 0 Å². The molecule has 0 atom stereocenters. The topological polar surface area (TPSA) is 0 Å². The highest BCUT2D eigenvalue weighted by Gasteiger charge is 2.22. The molecule has 0 aliphatic rings. The van der Waals surface area contributed by atoms with Crippen molar-refractivity contribution in [1.29, 1.82) is 0 Å². The molecule has 0 spiro atoms. The molecular weight excluding hydrogens is 505 g/mol. The molecule has 0 amide bonds. The molecule has 0 aliphatic carbocycles. The normalized spacial score (nSPS) is 11.8. The molecule has 6 aromatic rings. The number of hydrogen-bond acceptors (Lipinski definition) is 5. The maximum Gasteiger partial charge on any atom is 0.117 e. The number of benzene rings is 2. The van der Waals surface area contributed by atoms with E-state index in [1.807, 2.05) is 12.1 Å². The maximum absolute atomic E-state index is 6.75. The van der Waals surface area contributed by atoms with Gasteiger partial charge in [0.05, 0.1) is 0 Å². The van der Waals surface area contributed by atoms with Gasteiger partial charge in [-0.05, 0) is 53.3 Å². The first-order valence-electron chi connectivity index (χ1n) is 10.5. The predicted octanol–water partition coefficient (Wildman–Crippen LogP) is 6.78. The lowest BCUT2D eigenvalue weighted by Crippen LogP contribution is -2.08. The smallest absolute Gasteiger partial charge is 0.117 e. The van der Waals surface area contributed by atoms with Crippen LogP contribution >= 0.6 is 57.1 Å². The average molecular weight is 520 g/mol. The van der Waals surface area contributed by atoms with Crippen molar-refractivity contribution in [3.8, 4) is 19.5 Å². The largest absolute Gasteiger partial charge is 0.135 e. The molecule has 158 valence electrons. The fraction of sp³-hybridized carbons (Fsp3) is 0.0769. The highest BCUT2D eigenvalue weighted by molar-refractivity contribution is 7.98. The molecule has 0 bridgehead atoms. The van der Waals surface area contributed by atoms with Gasteiger partial charge in [-0.3, -0.25) is 0 Å². The third-order valence-corrected chi connectivity index (χ3v) is 12.3. The van der Waals surface area contributed by atoms with Crippen molar-refractivity contribution >= 4 is 133 Å². The number of thiophene rings is 4. The molecule has 2 aromatic carbocycles. The summed E-state index contributed by atoms with van der Waals surface area (Å²) in [7, 11) is 20.0. The van der Waals surface area contributed by atoms with Gasteiger partial charge in [-0.25, -0.2) is 0 Å². The van der Waals surface area contributed by atoms with Crippen LogP contribution in [0.3, 0.4) is 0 Å². The van der Waals surface area contributed by atoms with Crippen molar-refractivity contribution in [2.45, 2.75) is 11.8 Å². The van der Waals surface area contributed by atoms with Crippen LogP contribution < -0.4 is 16.4 Å². The van der Waals surface area contributed by atoms with Crippen LogP contribution in [0.15, 0.2) is 47.9 Å². The van der Waals surface area contributed by atoms with E-state index in [1.165, 1.54) is 24.7 Å². The fourth-order valence-corrected chi connectivity index (χ4v) is 10.1. The number of aryl methyl sites for hydroxylation is 1. The monoisotopic (exact) mass is 520 g/mol. The van der Waals surface area contributed by atoms with E-state index in [0.29, 0.717) is 0 Å². The van der Waals surface area contributed by atoms with Gasteiger partial charge in [-0.15, -0.1) is 57.1 Å². The SMILES string of the molecule is [B]c1c(-c2sc3c(C)c(-c4sc5cc(SC)ccc5c4[B])sc3c2[B])sc2cc(C=C)ccc12. The summed E-state index contributed by atoms with van der Waals surface area (Å²) in [6.45, 7) is 6.06. The summed E-state index contributed by atoms with van der Waals surface area (Å²) in [6.07, 6.45) is 3.95. The van der Waals surface area contributed by atoms with Crippen LogP contribution in [0.5, 0.6) is 0 Å². The van der Waals surface area contributed by atoms with Crippen molar-refractivity contribution in [2.24, 2.45) is 0 Å². The number of fused-ring (bicyclic) bond motifs is 3. The summed E-state index contributed by atoms with van der Waals surface area (Å²) in [5.74, 6) is 0. The third-order valence-electron chi connectivity index (χ3n) is 6.12. The summed E-state index contributed by atoms with van der Waals surface area (Å²) in [5.41, 5.74) is 4.79. The van der Waals surface area contributed by atoms with Gasteiger partial charge in [0.25, 0.3) is 0 Å². The molecule has 0 saturated heterocycles. The molecule has 0 unspecified atom stereocenters. The zero-order valence-electron chi connectivity index (χ0n) is 18.5. The van der Waals surface area contributed by atoms with Gasteiger partial charge in [0.15, 0.2) is 0 Å². The minimum atomic E-state index is 0.799. The van der Waals surface area contributed by atoms with E-state index in [1.54, 1.807) is 57.1 Å². The zero-order valence-corrected chi connectivity index (χ0v) is 22.6. The average Bonchev–Trinajstić information content (AvgIpc) is 3.55. The first-order chi connectivity index (χ1) is 16.4. The molecule has 6 radical (unpaired) electrons. The molecule has 0 nitrogen and oxygen atoms in total. The van der Waals surface area contributed by atoms with Gasteiger partial charge in [0, 0.05) is 43.2 Å². The molecule has 0 fully saturated rings. The summed E-state index contributed by atoms with van der Waals surface area (Å²) >= 11 is 8.68. The van der Waals surface area contributed by atoms with E-state index in [2.05, 4.69) is 50.1 Å². The molecule has 6 rings (SSSR count). The molecule has 0 saturated carbocycles. The Balaban J connectivity index is 1.51. The Hall–Kier alpha value is -1.70. The van der Waals surface area contributed by atoms with Crippen LogP contribution in [0.25, 0.3) is 55.2 Å². The van der Waals surface area contributed by atoms with E-state index < -0.39 is 0 Å². The Labute approximate surface area is 223 Å². The molecule has 8 heteroatoms. The Morgan fingerprint density at radius 2 is 1.32 bits per heavy atom. The standard InChI is InChI=1S/C26H15B3S5/c1-4-12-5-7-14-16(9-12)31-24(19(14)28)26-20(29)25-22(34-26)11(2)21(33-25)23-18(27)15-8-6-13(30-3)10-17(15)32-23/h4-10H,1H2,2-3H3. The Bertz CT molecular complexity index is 1760. The maximum atomic E-state index is 6.75. The molecular formula is C26H15B3S5. The van der Waals surface area contributed by atoms with Crippen molar-refractivity contribution in [3.05, 3.63) is 54.1 Å². The quantitative estimate of drug-likeness (QED) is 0.183. The highest BCUT2D eigenvalue weighted by atomic mass is 32.2. The number of rotatable bonds is 4. The van der Waals surface area contributed by atoms with Gasteiger partial charge in [-0.2, -0.15) is 0 Å². The fourth-order valence-electron chi connectivity index (χ4n) is 4.27. The lowest BCUT2D eigenvalue weighted by molar-refractivity contribution is 1.53. The van der Waals surface area contributed by atoms with E-state index in [-0.39, 0.29) is 0 Å². The minimum absolute atomic E-state index is 0.799. The van der Waals surface area contributed by atoms with E-state index in [0.717, 1.165) is 56.8 Å². The summed E-state index contributed by atoms with van der Waals surface area (Å²) < 4.78 is 4.72.